The monoisotopic (exact) mass is 411 g/mol. The third kappa shape index (κ3) is 3.60. The van der Waals surface area contributed by atoms with E-state index < -0.39 is 0 Å². The van der Waals surface area contributed by atoms with E-state index in [9.17, 15) is 4.79 Å². The van der Waals surface area contributed by atoms with Gasteiger partial charge in [-0.15, -0.1) is 11.3 Å². The Labute approximate surface area is 179 Å². The van der Waals surface area contributed by atoms with E-state index in [1.165, 1.54) is 5.56 Å². The molecule has 0 aliphatic carbocycles. The number of fused-ring (bicyclic) bond motifs is 1. The molecule has 1 aromatic heterocycles. The number of aryl methyl sites for hydroxylation is 1. The van der Waals surface area contributed by atoms with Crippen LogP contribution in [0.2, 0.25) is 0 Å². The number of benzene rings is 3. The van der Waals surface area contributed by atoms with Crippen molar-refractivity contribution in [2.75, 3.05) is 16.8 Å². The summed E-state index contributed by atoms with van der Waals surface area (Å²) in [7, 11) is 0. The minimum Gasteiger partial charge on any atom is -0.332 e. The zero-order valence-corrected chi connectivity index (χ0v) is 17.4. The Bertz CT molecular complexity index is 1220. The van der Waals surface area contributed by atoms with Gasteiger partial charge in [0.05, 0.1) is 5.69 Å². The maximum Gasteiger partial charge on any atom is 0.258 e. The van der Waals surface area contributed by atoms with Gasteiger partial charge in [0.25, 0.3) is 5.91 Å². The first-order chi connectivity index (χ1) is 14.7. The fraction of sp³-hybridized carbons (Fsp3) is 0.120. The molecule has 2 heterocycles. The van der Waals surface area contributed by atoms with Crippen molar-refractivity contribution in [3.8, 4) is 11.3 Å². The number of hydrogen-bond acceptors (Lipinski definition) is 4. The van der Waals surface area contributed by atoms with Gasteiger partial charge in [-0.2, -0.15) is 0 Å². The lowest BCUT2D eigenvalue weighted by Crippen LogP contribution is -2.28. The second-order valence-corrected chi connectivity index (χ2v) is 8.31. The van der Waals surface area contributed by atoms with Crippen LogP contribution in [0.3, 0.4) is 0 Å². The average Bonchev–Trinajstić information content (AvgIpc) is 3.40. The molecular weight excluding hydrogens is 390 g/mol. The Morgan fingerprint density at radius 1 is 1.03 bits per heavy atom. The van der Waals surface area contributed by atoms with Crippen LogP contribution in [0.15, 0.2) is 78.2 Å². The Morgan fingerprint density at radius 2 is 1.90 bits per heavy atom. The highest BCUT2D eigenvalue weighted by atomic mass is 32.1. The van der Waals surface area contributed by atoms with Gasteiger partial charge in [0, 0.05) is 34.4 Å². The molecule has 0 unspecified atom stereocenters. The minimum atomic E-state index is 0.0632. The number of carbonyl (C=O) groups excluding carboxylic acids is 1. The van der Waals surface area contributed by atoms with Crippen molar-refractivity contribution in [2.24, 2.45) is 0 Å². The molecule has 1 aliphatic rings. The van der Waals surface area contributed by atoms with E-state index in [4.69, 9.17) is 4.98 Å². The van der Waals surface area contributed by atoms with E-state index in [-0.39, 0.29) is 5.91 Å². The number of anilines is 3. The zero-order chi connectivity index (χ0) is 20.5. The number of hydrogen-bond donors (Lipinski definition) is 1. The molecule has 5 heteroatoms. The van der Waals surface area contributed by atoms with Gasteiger partial charge in [-0.1, -0.05) is 42.0 Å². The van der Waals surface area contributed by atoms with Gasteiger partial charge < -0.3 is 10.2 Å². The molecule has 1 aliphatic heterocycles. The molecule has 30 heavy (non-hydrogen) atoms. The Balaban J connectivity index is 1.37. The molecule has 0 spiro atoms. The van der Waals surface area contributed by atoms with Crippen molar-refractivity contribution in [2.45, 2.75) is 13.3 Å². The molecule has 0 saturated heterocycles. The second kappa shape index (κ2) is 7.76. The standard InChI is InChI=1S/C25H21N3OS/c1-17-6-5-7-20(14-17)24(29)28-13-12-19-15-18(10-11-23(19)28)22-16-30-25(27-22)26-21-8-3-2-4-9-21/h2-11,14-16H,12-13H2,1H3,(H,26,27). The first-order valence-electron chi connectivity index (χ1n) is 9.97. The normalized spacial score (nSPS) is 12.6. The highest BCUT2D eigenvalue weighted by Crippen LogP contribution is 2.34. The SMILES string of the molecule is Cc1cccc(C(=O)N2CCc3cc(-c4csc(Nc5ccccc5)n4)ccc32)c1. The molecular formula is C25H21N3OS. The van der Waals surface area contributed by atoms with E-state index in [0.29, 0.717) is 6.54 Å². The first-order valence-corrected chi connectivity index (χ1v) is 10.8. The summed E-state index contributed by atoms with van der Waals surface area (Å²) in [5.41, 5.74) is 7.09. The molecule has 0 atom stereocenters. The van der Waals surface area contributed by atoms with Crippen molar-refractivity contribution in [3.05, 3.63) is 94.9 Å². The Morgan fingerprint density at radius 3 is 2.73 bits per heavy atom. The molecule has 1 N–H and O–H groups in total. The van der Waals surface area contributed by atoms with Gasteiger partial charge in [0.1, 0.15) is 0 Å². The topological polar surface area (TPSA) is 45.2 Å². The number of nitrogens with one attached hydrogen (secondary N) is 1. The van der Waals surface area contributed by atoms with Crippen molar-refractivity contribution >= 4 is 33.8 Å². The molecule has 4 aromatic rings. The van der Waals surface area contributed by atoms with Crippen molar-refractivity contribution in [1.29, 1.82) is 0 Å². The summed E-state index contributed by atoms with van der Waals surface area (Å²) in [6, 6.07) is 24.1. The van der Waals surface area contributed by atoms with Gasteiger partial charge in [-0.3, -0.25) is 4.79 Å². The summed E-state index contributed by atoms with van der Waals surface area (Å²) in [6.07, 6.45) is 0.861. The van der Waals surface area contributed by atoms with Crippen LogP contribution in [-0.4, -0.2) is 17.4 Å². The summed E-state index contributed by atoms with van der Waals surface area (Å²) < 4.78 is 0. The van der Waals surface area contributed by atoms with E-state index in [0.717, 1.165) is 45.3 Å². The van der Waals surface area contributed by atoms with Crippen LogP contribution in [0.25, 0.3) is 11.3 Å². The molecule has 148 valence electrons. The van der Waals surface area contributed by atoms with Crippen LogP contribution >= 0.6 is 11.3 Å². The zero-order valence-electron chi connectivity index (χ0n) is 16.6. The number of thiazole rings is 1. The summed E-state index contributed by atoms with van der Waals surface area (Å²) in [4.78, 5) is 19.6. The second-order valence-electron chi connectivity index (χ2n) is 7.45. The van der Waals surface area contributed by atoms with Crippen molar-refractivity contribution in [1.82, 2.24) is 4.98 Å². The number of nitrogens with zero attached hydrogens (tertiary/aromatic N) is 2. The van der Waals surface area contributed by atoms with Gasteiger partial charge in [0.2, 0.25) is 0 Å². The predicted octanol–water partition coefficient (Wildman–Crippen LogP) is 6.07. The third-order valence-electron chi connectivity index (χ3n) is 5.31. The highest BCUT2D eigenvalue weighted by Gasteiger charge is 2.26. The quantitative estimate of drug-likeness (QED) is 0.444. The van der Waals surface area contributed by atoms with E-state index in [1.54, 1.807) is 11.3 Å². The highest BCUT2D eigenvalue weighted by molar-refractivity contribution is 7.14. The van der Waals surface area contributed by atoms with Gasteiger partial charge in [-0.25, -0.2) is 4.98 Å². The number of carbonyl (C=O) groups is 1. The third-order valence-corrected chi connectivity index (χ3v) is 6.07. The van der Waals surface area contributed by atoms with Crippen LogP contribution in [0.4, 0.5) is 16.5 Å². The largest absolute Gasteiger partial charge is 0.332 e. The van der Waals surface area contributed by atoms with Crippen LogP contribution in [0, 0.1) is 6.92 Å². The van der Waals surface area contributed by atoms with E-state index >= 15 is 0 Å². The summed E-state index contributed by atoms with van der Waals surface area (Å²) in [5.74, 6) is 0.0632. The molecule has 0 fully saturated rings. The molecule has 4 nitrogen and oxygen atoms in total. The smallest absolute Gasteiger partial charge is 0.258 e. The lowest BCUT2D eigenvalue weighted by Gasteiger charge is -2.18. The van der Waals surface area contributed by atoms with Gasteiger partial charge >= 0.3 is 0 Å². The fourth-order valence-electron chi connectivity index (χ4n) is 3.81. The Kier molecular flexibility index (Phi) is 4.81. The molecule has 0 saturated carbocycles. The first kappa shape index (κ1) is 18.6. The minimum absolute atomic E-state index is 0.0632. The van der Waals surface area contributed by atoms with Crippen molar-refractivity contribution in [3.63, 3.8) is 0 Å². The van der Waals surface area contributed by atoms with Gasteiger partial charge in [0.15, 0.2) is 5.13 Å². The molecule has 3 aromatic carbocycles. The molecule has 5 rings (SSSR count). The molecule has 0 bridgehead atoms. The van der Waals surface area contributed by atoms with Crippen LogP contribution in [0.5, 0.6) is 0 Å². The maximum atomic E-state index is 13.0. The number of amides is 1. The number of para-hydroxylation sites is 1. The average molecular weight is 412 g/mol. The number of rotatable bonds is 4. The summed E-state index contributed by atoms with van der Waals surface area (Å²) in [6.45, 7) is 2.72. The van der Waals surface area contributed by atoms with E-state index in [1.807, 2.05) is 66.4 Å². The van der Waals surface area contributed by atoms with E-state index in [2.05, 4.69) is 28.9 Å². The fourth-order valence-corrected chi connectivity index (χ4v) is 4.55. The number of aromatic nitrogens is 1. The van der Waals surface area contributed by atoms with Crippen LogP contribution in [-0.2, 0) is 6.42 Å². The Hall–Kier alpha value is -3.44. The van der Waals surface area contributed by atoms with Gasteiger partial charge in [-0.05, 0) is 55.3 Å². The lowest BCUT2D eigenvalue weighted by molar-refractivity contribution is 0.0989. The summed E-state index contributed by atoms with van der Waals surface area (Å²) >= 11 is 1.59. The van der Waals surface area contributed by atoms with Crippen molar-refractivity contribution < 1.29 is 4.79 Å². The lowest BCUT2D eigenvalue weighted by atomic mass is 10.1. The predicted molar refractivity (Wildman–Crippen MR) is 124 cm³/mol. The maximum absolute atomic E-state index is 13.0. The van der Waals surface area contributed by atoms with Crippen LogP contribution in [0.1, 0.15) is 21.5 Å². The summed E-state index contributed by atoms with van der Waals surface area (Å²) in [5, 5.41) is 6.28. The molecule has 1 amide bonds. The van der Waals surface area contributed by atoms with Crippen LogP contribution < -0.4 is 10.2 Å². The molecule has 0 radical (unpaired) electrons.